The average molecular weight is 332 g/mol. The second-order valence-electron chi connectivity index (χ2n) is 5.39. The van der Waals surface area contributed by atoms with Crippen molar-refractivity contribution in [3.8, 4) is 0 Å². The minimum atomic E-state index is -3.73. The summed E-state index contributed by atoms with van der Waals surface area (Å²) in [6.07, 6.45) is 0. The summed E-state index contributed by atoms with van der Waals surface area (Å²) in [4.78, 5) is 12.4. The first-order chi connectivity index (χ1) is 10.8. The van der Waals surface area contributed by atoms with Gasteiger partial charge in [0.1, 0.15) is 0 Å². The second kappa shape index (κ2) is 6.93. The molecule has 1 atom stereocenters. The maximum Gasteiger partial charge on any atom is 0.242 e. The lowest BCUT2D eigenvalue weighted by Gasteiger charge is -2.16. The molecule has 0 unspecified atom stereocenters. The number of aryl methyl sites for hydroxylation is 1. The summed E-state index contributed by atoms with van der Waals surface area (Å²) in [7, 11) is -3.73. The summed E-state index contributed by atoms with van der Waals surface area (Å²) in [5, 5.41) is 2.76. The molecule has 0 fully saturated rings. The molecule has 122 valence electrons. The average Bonchev–Trinajstić information content (AvgIpc) is 2.52. The van der Waals surface area contributed by atoms with E-state index in [1.54, 1.807) is 24.3 Å². The molecule has 0 saturated heterocycles. The molecule has 2 N–H and O–H groups in total. The van der Waals surface area contributed by atoms with Crippen LogP contribution >= 0.6 is 0 Å². The van der Waals surface area contributed by atoms with Gasteiger partial charge in [-0.2, -0.15) is 4.72 Å². The lowest BCUT2D eigenvalue weighted by molar-refractivity contribution is -0.117. The van der Waals surface area contributed by atoms with Gasteiger partial charge in [0.15, 0.2) is 0 Å². The maximum absolute atomic E-state index is 12.2. The summed E-state index contributed by atoms with van der Waals surface area (Å²) >= 11 is 0. The first-order valence-corrected chi connectivity index (χ1v) is 8.74. The van der Waals surface area contributed by atoms with Crippen molar-refractivity contribution in [3.05, 3.63) is 59.7 Å². The molecular formula is C17H20N2O3S. The molecular weight excluding hydrogens is 312 g/mol. The zero-order valence-electron chi connectivity index (χ0n) is 13.3. The Hall–Kier alpha value is -2.18. The van der Waals surface area contributed by atoms with Gasteiger partial charge >= 0.3 is 0 Å². The summed E-state index contributed by atoms with van der Waals surface area (Å²) in [5.41, 5.74) is 2.69. The standard InChI is InChI=1S/C17H20N2O3S/c1-12-8-7-11-16(13(12)2)18-17(20)14(3)19-23(21,22)15-9-5-4-6-10-15/h4-11,14,19H,1-3H3,(H,18,20)/t14-/m1/s1. The van der Waals surface area contributed by atoms with Crippen molar-refractivity contribution < 1.29 is 13.2 Å². The van der Waals surface area contributed by atoms with E-state index in [1.807, 2.05) is 26.0 Å². The van der Waals surface area contributed by atoms with Crippen LogP contribution in [-0.4, -0.2) is 20.4 Å². The Morgan fingerprint density at radius 3 is 2.30 bits per heavy atom. The Kier molecular flexibility index (Phi) is 5.18. The zero-order valence-corrected chi connectivity index (χ0v) is 14.1. The summed E-state index contributed by atoms with van der Waals surface area (Å²) in [5.74, 6) is -0.404. The molecule has 0 radical (unpaired) electrons. The third-order valence-electron chi connectivity index (χ3n) is 3.64. The van der Waals surface area contributed by atoms with Gasteiger partial charge in [-0.1, -0.05) is 30.3 Å². The number of hydrogen-bond donors (Lipinski definition) is 2. The van der Waals surface area contributed by atoms with Crippen molar-refractivity contribution >= 4 is 21.6 Å². The van der Waals surface area contributed by atoms with Crippen LogP contribution in [0.4, 0.5) is 5.69 Å². The minimum absolute atomic E-state index is 0.131. The molecule has 5 nitrogen and oxygen atoms in total. The Bertz CT molecular complexity index is 802. The molecule has 0 aliphatic carbocycles. The van der Waals surface area contributed by atoms with E-state index < -0.39 is 22.0 Å². The molecule has 0 saturated carbocycles. The van der Waals surface area contributed by atoms with E-state index in [0.717, 1.165) is 11.1 Å². The first-order valence-electron chi connectivity index (χ1n) is 7.26. The topological polar surface area (TPSA) is 75.3 Å². The van der Waals surface area contributed by atoms with Crippen LogP contribution in [0.3, 0.4) is 0 Å². The highest BCUT2D eigenvalue weighted by molar-refractivity contribution is 7.89. The van der Waals surface area contributed by atoms with E-state index in [2.05, 4.69) is 10.0 Å². The number of carbonyl (C=O) groups is 1. The monoisotopic (exact) mass is 332 g/mol. The quantitative estimate of drug-likeness (QED) is 0.884. The Labute approximate surface area is 136 Å². The van der Waals surface area contributed by atoms with Crippen molar-refractivity contribution in [2.24, 2.45) is 0 Å². The fourth-order valence-electron chi connectivity index (χ4n) is 2.08. The number of hydrogen-bond acceptors (Lipinski definition) is 3. The highest BCUT2D eigenvalue weighted by Gasteiger charge is 2.22. The normalized spacial score (nSPS) is 12.7. The lowest BCUT2D eigenvalue weighted by Crippen LogP contribution is -2.41. The largest absolute Gasteiger partial charge is 0.324 e. The summed E-state index contributed by atoms with van der Waals surface area (Å²) in [6.45, 7) is 5.37. The fraction of sp³-hybridized carbons (Fsp3) is 0.235. The van der Waals surface area contributed by atoms with Crippen LogP contribution in [0.1, 0.15) is 18.1 Å². The van der Waals surface area contributed by atoms with Crippen LogP contribution in [0, 0.1) is 13.8 Å². The first kappa shape index (κ1) is 17.2. The smallest absolute Gasteiger partial charge is 0.242 e. The van der Waals surface area contributed by atoms with Gasteiger partial charge < -0.3 is 5.32 Å². The van der Waals surface area contributed by atoms with Gasteiger partial charge in [-0.3, -0.25) is 4.79 Å². The Morgan fingerprint density at radius 1 is 1.00 bits per heavy atom. The van der Waals surface area contributed by atoms with Crippen molar-refractivity contribution in [1.82, 2.24) is 4.72 Å². The molecule has 0 aromatic heterocycles. The van der Waals surface area contributed by atoms with Crippen molar-refractivity contribution in [1.29, 1.82) is 0 Å². The number of nitrogens with one attached hydrogen (secondary N) is 2. The predicted molar refractivity (Wildman–Crippen MR) is 90.8 cm³/mol. The molecule has 23 heavy (non-hydrogen) atoms. The van der Waals surface area contributed by atoms with Gasteiger partial charge in [0.2, 0.25) is 15.9 Å². The van der Waals surface area contributed by atoms with E-state index in [4.69, 9.17) is 0 Å². The molecule has 1 amide bonds. The van der Waals surface area contributed by atoms with Crippen LogP contribution in [0.15, 0.2) is 53.4 Å². The Morgan fingerprint density at radius 2 is 1.65 bits per heavy atom. The molecule has 2 aromatic carbocycles. The third kappa shape index (κ3) is 4.18. The highest BCUT2D eigenvalue weighted by atomic mass is 32.2. The zero-order chi connectivity index (χ0) is 17.0. The van der Waals surface area contributed by atoms with E-state index >= 15 is 0 Å². The number of carbonyl (C=O) groups excluding carboxylic acids is 1. The Balaban J connectivity index is 2.10. The van der Waals surface area contributed by atoms with E-state index in [1.165, 1.54) is 19.1 Å². The molecule has 2 aromatic rings. The predicted octanol–water partition coefficient (Wildman–Crippen LogP) is 2.61. The van der Waals surface area contributed by atoms with Gasteiger partial charge in [-0.25, -0.2) is 8.42 Å². The van der Waals surface area contributed by atoms with Gasteiger partial charge in [0.25, 0.3) is 0 Å². The van der Waals surface area contributed by atoms with Crippen LogP contribution in [0.5, 0.6) is 0 Å². The van der Waals surface area contributed by atoms with Crippen molar-refractivity contribution in [2.75, 3.05) is 5.32 Å². The summed E-state index contributed by atoms with van der Waals surface area (Å²) < 4.78 is 26.8. The number of benzene rings is 2. The summed E-state index contributed by atoms with van der Waals surface area (Å²) in [6, 6.07) is 12.7. The number of anilines is 1. The van der Waals surface area contributed by atoms with Gasteiger partial charge in [-0.15, -0.1) is 0 Å². The highest BCUT2D eigenvalue weighted by Crippen LogP contribution is 2.18. The molecule has 6 heteroatoms. The molecule has 2 rings (SSSR count). The number of sulfonamides is 1. The van der Waals surface area contributed by atoms with Gasteiger partial charge in [0, 0.05) is 5.69 Å². The van der Waals surface area contributed by atoms with E-state index in [-0.39, 0.29) is 4.90 Å². The maximum atomic E-state index is 12.2. The second-order valence-corrected chi connectivity index (χ2v) is 7.11. The molecule has 0 aliphatic rings. The number of rotatable bonds is 5. The molecule has 0 aliphatic heterocycles. The van der Waals surface area contributed by atoms with E-state index in [9.17, 15) is 13.2 Å². The SMILES string of the molecule is Cc1cccc(NC(=O)[C@@H](C)NS(=O)(=O)c2ccccc2)c1C. The molecule has 0 spiro atoms. The van der Waals surface area contributed by atoms with Crippen LogP contribution in [0.2, 0.25) is 0 Å². The van der Waals surface area contributed by atoms with Crippen molar-refractivity contribution in [2.45, 2.75) is 31.7 Å². The van der Waals surface area contributed by atoms with Gasteiger partial charge in [0.05, 0.1) is 10.9 Å². The minimum Gasteiger partial charge on any atom is -0.324 e. The van der Waals surface area contributed by atoms with Crippen molar-refractivity contribution in [3.63, 3.8) is 0 Å². The van der Waals surface area contributed by atoms with Crippen LogP contribution in [-0.2, 0) is 14.8 Å². The number of amides is 1. The molecule has 0 bridgehead atoms. The lowest BCUT2D eigenvalue weighted by atomic mass is 10.1. The molecule has 0 heterocycles. The van der Waals surface area contributed by atoms with E-state index in [0.29, 0.717) is 5.69 Å². The fourth-order valence-corrected chi connectivity index (χ4v) is 3.31. The van der Waals surface area contributed by atoms with Gasteiger partial charge in [-0.05, 0) is 50.1 Å². The van der Waals surface area contributed by atoms with Crippen LogP contribution in [0.25, 0.3) is 0 Å². The van der Waals surface area contributed by atoms with Crippen LogP contribution < -0.4 is 10.0 Å². The third-order valence-corrected chi connectivity index (χ3v) is 5.20.